The second-order valence-corrected chi connectivity index (χ2v) is 7.21. The number of hydrogen-bond donors (Lipinski definition) is 3. The lowest BCUT2D eigenvalue weighted by atomic mass is 10.3. The third-order valence-electron chi connectivity index (χ3n) is 4.82. The first-order valence-electron chi connectivity index (χ1n) is 10.2. The van der Waals surface area contributed by atoms with Crippen LogP contribution in [0.15, 0.2) is 41.3 Å². The Morgan fingerprint density at radius 2 is 1.82 bits per heavy atom. The zero-order chi connectivity index (χ0) is 24.5. The van der Waals surface area contributed by atoms with Crippen LogP contribution in [0.25, 0.3) is 11.2 Å². The number of aryl methyl sites for hydroxylation is 1. The number of carboxylic acids is 2. The Balaban J connectivity index is 0.000000350. The summed E-state index contributed by atoms with van der Waals surface area (Å²) in [5, 5.41) is 26.7. The van der Waals surface area contributed by atoms with Crippen LogP contribution >= 0.6 is 0 Å². The highest BCUT2D eigenvalue weighted by Gasteiger charge is 2.23. The van der Waals surface area contributed by atoms with E-state index in [1.165, 1.54) is 6.33 Å². The minimum Gasteiger partial charge on any atom is -0.478 e. The smallest absolute Gasteiger partial charge is 0.328 e. The van der Waals surface area contributed by atoms with Gasteiger partial charge in [0, 0.05) is 45.4 Å². The maximum absolute atomic E-state index is 12.1. The second kappa shape index (κ2) is 11.5. The molecule has 3 aromatic rings. The number of nitrogens with one attached hydrogen (secondary N) is 1. The lowest BCUT2D eigenvalue weighted by Crippen LogP contribution is -2.49. The zero-order valence-corrected chi connectivity index (χ0v) is 18.4. The molecule has 14 heteroatoms. The molecule has 1 amide bonds. The summed E-state index contributed by atoms with van der Waals surface area (Å²) in [5.41, 5.74) is 1.43. The van der Waals surface area contributed by atoms with Gasteiger partial charge in [0.1, 0.15) is 12.1 Å². The van der Waals surface area contributed by atoms with E-state index in [0.29, 0.717) is 30.8 Å². The van der Waals surface area contributed by atoms with Crippen LogP contribution in [0.4, 0.5) is 5.82 Å². The van der Waals surface area contributed by atoms with Crippen molar-refractivity contribution in [2.24, 2.45) is 7.05 Å². The Kier molecular flexibility index (Phi) is 8.23. The number of anilines is 1. The SMILES string of the molecule is Cn1nnc2c(N3CCN(CC(=O)NCc4ccco4)CC3)ncnc21.O=C(O)/C=C\C(=O)O. The van der Waals surface area contributed by atoms with Crippen molar-refractivity contribution >= 4 is 34.8 Å². The number of piperazine rings is 1. The van der Waals surface area contributed by atoms with E-state index in [-0.39, 0.29) is 5.91 Å². The number of carboxylic acid groups (broad SMARTS) is 2. The van der Waals surface area contributed by atoms with Crippen molar-refractivity contribution in [3.05, 3.63) is 42.6 Å². The van der Waals surface area contributed by atoms with Gasteiger partial charge in [0.25, 0.3) is 0 Å². The maximum atomic E-state index is 12.1. The Morgan fingerprint density at radius 3 is 2.44 bits per heavy atom. The van der Waals surface area contributed by atoms with Crippen molar-refractivity contribution < 1.29 is 29.0 Å². The highest BCUT2D eigenvalue weighted by molar-refractivity contribution is 5.89. The molecule has 4 heterocycles. The van der Waals surface area contributed by atoms with Crippen LogP contribution in [0.1, 0.15) is 5.76 Å². The Hall–Kier alpha value is -4.33. The van der Waals surface area contributed by atoms with E-state index >= 15 is 0 Å². The van der Waals surface area contributed by atoms with Crippen molar-refractivity contribution in [2.45, 2.75) is 6.54 Å². The Bertz CT molecular complexity index is 1140. The van der Waals surface area contributed by atoms with Gasteiger partial charge in [-0.1, -0.05) is 5.21 Å². The van der Waals surface area contributed by atoms with E-state index in [1.54, 1.807) is 10.9 Å². The van der Waals surface area contributed by atoms with Crippen molar-refractivity contribution in [1.82, 2.24) is 35.2 Å². The van der Waals surface area contributed by atoms with Gasteiger partial charge >= 0.3 is 11.9 Å². The normalized spacial score (nSPS) is 14.1. The van der Waals surface area contributed by atoms with Gasteiger partial charge in [-0.3, -0.25) is 9.69 Å². The molecule has 1 fully saturated rings. The molecule has 34 heavy (non-hydrogen) atoms. The molecule has 0 saturated carbocycles. The summed E-state index contributed by atoms with van der Waals surface area (Å²) in [6.07, 6.45) is 4.25. The summed E-state index contributed by atoms with van der Waals surface area (Å²) in [6, 6.07) is 3.65. The molecular weight excluding hydrogens is 448 g/mol. The lowest BCUT2D eigenvalue weighted by molar-refractivity contribution is -0.134. The summed E-state index contributed by atoms with van der Waals surface area (Å²) in [7, 11) is 1.81. The van der Waals surface area contributed by atoms with Crippen LogP contribution in [0.5, 0.6) is 0 Å². The fourth-order valence-electron chi connectivity index (χ4n) is 3.19. The number of aromatic nitrogens is 5. The predicted molar refractivity (Wildman–Crippen MR) is 118 cm³/mol. The van der Waals surface area contributed by atoms with Gasteiger partial charge < -0.3 is 24.8 Å². The van der Waals surface area contributed by atoms with Gasteiger partial charge in [-0.2, -0.15) is 0 Å². The van der Waals surface area contributed by atoms with Crippen LogP contribution in [0.2, 0.25) is 0 Å². The van der Waals surface area contributed by atoms with Crippen molar-refractivity contribution in [3.63, 3.8) is 0 Å². The van der Waals surface area contributed by atoms with Crippen LogP contribution in [0, 0.1) is 0 Å². The zero-order valence-electron chi connectivity index (χ0n) is 18.4. The van der Waals surface area contributed by atoms with Gasteiger partial charge in [0.2, 0.25) is 5.91 Å². The van der Waals surface area contributed by atoms with Crippen LogP contribution in [-0.2, 0) is 28.0 Å². The van der Waals surface area contributed by atoms with E-state index in [4.69, 9.17) is 14.6 Å². The number of nitrogens with zero attached hydrogens (tertiary/aromatic N) is 7. The van der Waals surface area contributed by atoms with Crippen molar-refractivity contribution in [2.75, 3.05) is 37.6 Å². The van der Waals surface area contributed by atoms with Gasteiger partial charge in [-0.05, 0) is 12.1 Å². The molecule has 1 saturated heterocycles. The van der Waals surface area contributed by atoms with Gasteiger partial charge in [-0.15, -0.1) is 5.10 Å². The quantitative estimate of drug-likeness (QED) is 0.376. The maximum Gasteiger partial charge on any atom is 0.328 e. The second-order valence-electron chi connectivity index (χ2n) is 7.21. The topological polar surface area (TPSA) is 180 Å². The molecule has 180 valence electrons. The van der Waals surface area contributed by atoms with Gasteiger partial charge in [0.15, 0.2) is 17.0 Å². The molecule has 1 aliphatic heterocycles. The highest BCUT2D eigenvalue weighted by atomic mass is 16.4. The lowest BCUT2D eigenvalue weighted by Gasteiger charge is -2.34. The molecule has 3 aromatic heterocycles. The molecule has 0 bridgehead atoms. The van der Waals surface area contributed by atoms with Crippen LogP contribution in [-0.4, -0.2) is 90.6 Å². The molecule has 0 unspecified atom stereocenters. The summed E-state index contributed by atoms with van der Waals surface area (Å²) in [6.45, 7) is 3.89. The molecule has 4 rings (SSSR count). The molecule has 0 atom stereocenters. The number of fused-ring (bicyclic) bond motifs is 1. The number of rotatable bonds is 7. The predicted octanol–water partition coefficient (Wildman–Crippen LogP) is -0.498. The number of amides is 1. The average molecular weight is 472 g/mol. The molecule has 3 N–H and O–H groups in total. The third kappa shape index (κ3) is 6.83. The summed E-state index contributed by atoms with van der Waals surface area (Å²) in [4.78, 5) is 44.1. The molecule has 0 spiro atoms. The Morgan fingerprint density at radius 1 is 1.12 bits per heavy atom. The molecule has 1 aliphatic rings. The largest absolute Gasteiger partial charge is 0.478 e. The van der Waals surface area contributed by atoms with E-state index in [9.17, 15) is 14.4 Å². The number of furan rings is 1. The number of aliphatic carboxylic acids is 2. The molecule has 0 radical (unpaired) electrons. The minimum atomic E-state index is -1.26. The fraction of sp³-hybridized carbons (Fsp3) is 0.350. The summed E-state index contributed by atoms with van der Waals surface area (Å²) < 4.78 is 6.85. The average Bonchev–Trinajstić information content (AvgIpc) is 3.47. The van der Waals surface area contributed by atoms with E-state index in [2.05, 4.69) is 35.4 Å². The first-order chi connectivity index (χ1) is 16.3. The number of carbonyl (C=O) groups excluding carboxylic acids is 1. The molecule has 0 aliphatic carbocycles. The number of carbonyl (C=O) groups is 3. The highest BCUT2D eigenvalue weighted by Crippen LogP contribution is 2.21. The van der Waals surface area contributed by atoms with E-state index in [1.807, 2.05) is 19.2 Å². The van der Waals surface area contributed by atoms with Crippen LogP contribution < -0.4 is 10.2 Å². The summed E-state index contributed by atoms with van der Waals surface area (Å²) in [5.74, 6) is -0.974. The molecule has 14 nitrogen and oxygen atoms in total. The van der Waals surface area contributed by atoms with Gasteiger partial charge in [0.05, 0.1) is 19.4 Å². The summed E-state index contributed by atoms with van der Waals surface area (Å²) >= 11 is 0. The van der Waals surface area contributed by atoms with Crippen molar-refractivity contribution in [3.8, 4) is 0 Å². The first kappa shape index (κ1) is 24.3. The molecule has 0 aromatic carbocycles. The standard InChI is InChI=1S/C16H20N8O2.C4H4O4/c1-22-15-14(20-21-22)16(19-11-18-15)24-6-4-23(5-7-24)10-13(25)17-9-12-3-2-8-26-12;5-3(6)1-2-4(7)8/h2-3,8,11H,4-7,9-10H2,1H3,(H,17,25);1-2H,(H,5,6)(H,7,8)/b;2-1-. The third-order valence-corrected chi connectivity index (χ3v) is 4.82. The molecular formula is C20H24N8O6. The van der Waals surface area contributed by atoms with E-state index < -0.39 is 11.9 Å². The monoisotopic (exact) mass is 472 g/mol. The van der Waals surface area contributed by atoms with E-state index in [0.717, 1.165) is 43.4 Å². The van der Waals surface area contributed by atoms with Crippen LogP contribution in [0.3, 0.4) is 0 Å². The minimum absolute atomic E-state index is 0.00629. The van der Waals surface area contributed by atoms with Crippen molar-refractivity contribution in [1.29, 1.82) is 0 Å². The fourth-order valence-corrected chi connectivity index (χ4v) is 3.19. The van der Waals surface area contributed by atoms with Gasteiger partial charge in [-0.25, -0.2) is 24.2 Å². The first-order valence-corrected chi connectivity index (χ1v) is 10.2. The Labute approximate surface area is 193 Å². The number of hydrogen-bond acceptors (Lipinski definition) is 10.